The lowest BCUT2D eigenvalue weighted by atomic mass is 10.1. The molecule has 0 unspecified atom stereocenters. The Labute approximate surface area is 208 Å². The first kappa shape index (κ1) is 28.9. The monoisotopic (exact) mass is 486 g/mol. The molecule has 0 fully saturated rings. The number of aryl methyl sites for hydroxylation is 2. The highest BCUT2D eigenvalue weighted by Gasteiger charge is 2.05. The molecule has 0 saturated heterocycles. The van der Waals surface area contributed by atoms with Gasteiger partial charge in [-0.25, -0.2) is 0 Å². The van der Waals surface area contributed by atoms with E-state index in [1.807, 2.05) is 30.4 Å². The summed E-state index contributed by atoms with van der Waals surface area (Å²) < 4.78 is 0. The first-order valence-corrected chi connectivity index (χ1v) is 13.6. The van der Waals surface area contributed by atoms with Gasteiger partial charge in [0.25, 0.3) is 0 Å². The maximum Gasteiger partial charge on any atom is 0.135 e. The molecule has 0 radical (unpaired) electrons. The van der Waals surface area contributed by atoms with Gasteiger partial charge < -0.3 is 9.68 Å². The van der Waals surface area contributed by atoms with Crippen LogP contribution in [0, 0.1) is 13.8 Å². The molecular formula is C27H38N2O2S2. The Morgan fingerprint density at radius 1 is 0.758 bits per heavy atom. The maximum absolute atomic E-state index is 5.18. The molecule has 0 aliphatic rings. The van der Waals surface area contributed by atoms with E-state index < -0.39 is 0 Å². The summed E-state index contributed by atoms with van der Waals surface area (Å²) in [5.41, 5.74) is 6.80. The minimum absolute atomic E-state index is 0.451. The predicted molar refractivity (Wildman–Crippen MR) is 149 cm³/mol. The van der Waals surface area contributed by atoms with Crippen molar-refractivity contribution < 1.29 is 9.68 Å². The van der Waals surface area contributed by atoms with Gasteiger partial charge in [0, 0.05) is 22.6 Å². The van der Waals surface area contributed by atoms with Crippen molar-refractivity contribution in [1.29, 1.82) is 0 Å². The van der Waals surface area contributed by atoms with Crippen LogP contribution in [0.2, 0.25) is 0 Å². The molecule has 0 aliphatic carbocycles. The molecular weight excluding hydrogens is 448 g/mol. The Morgan fingerprint density at radius 3 is 1.55 bits per heavy atom. The van der Waals surface area contributed by atoms with Crippen molar-refractivity contribution in [3.05, 3.63) is 83.4 Å². The average Bonchev–Trinajstić information content (AvgIpc) is 2.83. The van der Waals surface area contributed by atoms with Crippen molar-refractivity contribution in [3.63, 3.8) is 0 Å². The van der Waals surface area contributed by atoms with E-state index in [4.69, 9.17) is 9.68 Å². The molecule has 0 atom stereocenters. The second-order valence-electron chi connectivity index (χ2n) is 7.08. The van der Waals surface area contributed by atoms with Crippen LogP contribution < -0.4 is 0 Å². The van der Waals surface area contributed by atoms with Gasteiger partial charge in [0.05, 0.1) is 11.4 Å². The zero-order valence-electron chi connectivity index (χ0n) is 20.7. The van der Waals surface area contributed by atoms with Gasteiger partial charge in [-0.1, -0.05) is 96.5 Å². The normalized spacial score (nSPS) is 11.4. The summed E-state index contributed by atoms with van der Waals surface area (Å²) in [6.07, 6.45) is 1.70. The zero-order chi connectivity index (χ0) is 24.3. The van der Waals surface area contributed by atoms with Crippen LogP contribution in [0.15, 0.2) is 71.5 Å². The second-order valence-corrected chi connectivity index (χ2v) is 9.63. The van der Waals surface area contributed by atoms with Gasteiger partial charge in [-0.3, -0.25) is 0 Å². The Kier molecular flexibility index (Phi) is 16.0. The summed E-state index contributed by atoms with van der Waals surface area (Å²) in [5, 5.41) is 8.35. The quantitative estimate of drug-likeness (QED) is 0.131. The molecule has 4 nitrogen and oxygen atoms in total. The first-order valence-electron chi connectivity index (χ1n) is 11.3. The molecule has 0 heterocycles. The summed E-state index contributed by atoms with van der Waals surface area (Å²) >= 11 is 3.69. The van der Waals surface area contributed by atoms with Crippen LogP contribution in [0.25, 0.3) is 0 Å². The van der Waals surface area contributed by atoms with Crippen LogP contribution in [0.3, 0.4) is 0 Å². The molecule has 33 heavy (non-hydrogen) atoms. The molecule has 2 rings (SSSR count). The SMILES string of the molecule is C=CCO/N=C(\CSCC)c1ccc(C)cc1.CCO/N=C(\CSCC)c1ccc(C)cc1. The highest BCUT2D eigenvalue weighted by molar-refractivity contribution is 8.00. The van der Waals surface area contributed by atoms with Crippen molar-refractivity contribution >= 4 is 34.9 Å². The van der Waals surface area contributed by atoms with E-state index in [9.17, 15) is 0 Å². The van der Waals surface area contributed by atoms with Crippen LogP contribution in [0.4, 0.5) is 0 Å². The molecule has 0 bridgehead atoms. The minimum atomic E-state index is 0.451. The Hall–Kier alpha value is -2.18. The van der Waals surface area contributed by atoms with Crippen LogP contribution in [0.1, 0.15) is 43.0 Å². The van der Waals surface area contributed by atoms with Crippen molar-refractivity contribution in [2.45, 2.75) is 34.6 Å². The zero-order valence-corrected chi connectivity index (χ0v) is 22.3. The van der Waals surface area contributed by atoms with E-state index in [1.165, 1.54) is 11.1 Å². The lowest BCUT2D eigenvalue weighted by molar-refractivity contribution is 0.159. The van der Waals surface area contributed by atoms with Gasteiger partial charge in [0.15, 0.2) is 0 Å². The fourth-order valence-corrected chi connectivity index (χ4v) is 3.76. The van der Waals surface area contributed by atoms with E-state index in [-0.39, 0.29) is 0 Å². The second kappa shape index (κ2) is 18.3. The molecule has 6 heteroatoms. The van der Waals surface area contributed by atoms with Gasteiger partial charge in [-0.05, 0) is 32.3 Å². The smallest absolute Gasteiger partial charge is 0.135 e. The van der Waals surface area contributed by atoms with Gasteiger partial charge in [0.1, 0.15) is 13.2 Å². The molecule has 0 aromatic heterocycles. The highest BCUT2D eigenvalue weighted by atomic mass is 32.2. The Balaban J connectivity index is 0.000000331. The fourth-order valence-electron chi connectivity index (χ4n) is 2.52. The third-order valence-corrected chi connectivity index (χ3v) is 6.10. The standard InChI is InChI=1S/C14H19NOS.C13H19NOS/c1-4-10-16-15-14(11-17-5-2)13-8-6-12(3)7-9-13;1-4-15-14-13(10-16-5-2)12-8-6-11(3)7-9-12/h4,6-9H,1,5,10-11H2,2-3H3;6-9H,4-5,10H2,1-3H3/b15-14+;14-13+. The van der Waals surface area contributed by atoms with Crippen LogP contribution in [-0.2, 0) is 9.68 Å². The Bertz CT molecular complexity index is 847. The number of hydrogen-bond acceptors (Lipinski definition) is 6. The maximum atomic E-state index is 5.18. The number of oxime groups is 2. The van der Waals surface area contributed by atoms with Gasteiger partial charge in [-0.15, -0.1) is 0 Å². The molecule has 2 aromatic carbocycles. The molecule has 180 valence electrons. The summed E-state index contributed by atoms with van der Waals surface area (Å²) in [6.45, 7) is 15.1. The summed E-state index contributed by atoms with van der Waals surface area (Å²) in [6, 6.07) is 16.8. The lowest BCUT2D eigenvalue weighted by Crippen LogP contribution is -2.06. The van der Waals surface area contributed by atoms with E-state index >= 15 is 0 Å². The van der Waals surface area contributed by atoms with Gasteiger partial charge in [-0.2, -0.15) is 23.5 Å². The summed E-state index contributed by atoms with van der Waals surface area (Å²) in [4.78, 5) is 10.3. The third-order valence-electron chi connectivity index (χ3n) is 4.33. The number of nitrogens with zero attached hydrogens (tertiary/aromatic N) is 2. The van der Waals surface area contributed by atoms with Gasteiger partial charge >= 0.3 is 0 Å². The van der Waals surface area contributed by atoms with Crippen molar-refractivity contribution in [2.75, 3.05) is 36.2 Å². The van der Waals surface area contributed by atoms with Crippen LogP contribution in [0.5, 0.6) is 0 Å². The van der Waals surface area contributed by atoms with Crippen molar-refractivity contribution in [3.8, 4) is 0 Å². The van der Waals surface area contributed by atoms with E-state index in [0.717, 1.165) is 45.6 Å². The minimum Gasteiger partial charge on any atom is -0.396 e. The fraction of sp³-hybridized carbons (Fsp3) is 0.407. The molecule has 2 aromatic rings. The van der Waals surface area contributed by atoms with Crippen LogP contribution >= 0.6 is 23.5 Å². The molecule has 0 N–H and O–H groups in total. The molecule has 0 saturated carbocycles. The summed E-state index contributed by atoms with van der Waals surface area (Å²) in [7, 11) is 0. The number of thioether (sulfide) groups is 2. The molecule has 0 spiro atoms. The largest absolute Gasteiger partial charge is 0.396 e. The molecule has 0 amide bonds. The molecule has 0 aliphatic heterocycles. The Morgan fingerprint density at radius 2 is 1.18 bits per heavy atom. The van der Waals surface area contributed by atoms with E-state index in [1.54, 1.807) is 6.08 Å². The summed E-state index contributed by atoms with van der Waals surface area (Å²) in [5.74, 6) is 3.94. The first-order chi connectivity index (χ1) is 16.0. The van der Waals surface area contributed by atoms with Crippen molar-refractivity contribution in [2.24, 2.45) is 10.3 Å². The lowest BCUT2D eigenvalue weighted by Gasteiger charge is -2.06. The highest BCUT2D eigenvalue weighted by Crippen LogP contribution is 2.11. The van der Waals surface area contributed by atoms with E-state index in [0.29, 0.717) is 13.2 Å². The number of benzene rings is 2. The van der Waals surface area contributed by atoms with Crippen molar-refractivity contribution in [1.82, 2.24) is 0 Å². The third kappa shape index (κ3) is 12.6. The number of rotatable bonds is 13. The average molecular weight is 487 g/mol. The van der Waals surface area contributed by atoms with Gasteiger partial charge in [0.2, 0.25) is 0 Å². The predicted octanol–water partition coefficient (Wildman–Crippen LogP) is 7.14. The topological polar surface area (TPSA) is 43.2 Å². The van der Waals surface area contributed by atoms with E-state index in [2.05, 4.69) is 93.1 Å². The van der Waals surface area contributed by atoms with Crippen LogP contribution in [-0.4, -0.2) is 47.6 Å². The number of hydrogen-bond donors (Lipinski definition) is 0.